The molecular formula is C29H29N5O4. The molecule has 4 N–H and O–H groups in total. The molecule has 9 nitrogen and oxygen atoms in total. The molecule has 2 aromatic carbocycles. The van der Waals surface area contributed by atoms with Crippen molar-refractivity contribution in [2.75, 3.05) is 33.2 Å². The first-order chi connectivity index (χ1) is 18.6. The summed E-state index contributed by atoms with van der Waals surface area (Å²) in [7, 11) is 3.19. The molecule has 5 aromatic rings. The number of nitrogens with two attached hydrogens (primary N) is 2. The number of hydrogen-bond donors (Lipinski definition) is 2. The Morgan fingerprint density at radius 1 is 0.842 bits per heavy atom. The molecular weight excluding hydrogens is 482 g/mol. The molecule has 0 saturated carbocycles. The molecule has 1 atom stereocenters. The summed E-state index contributed by atoms with van der Waals surface area (Å²) in [6.07, 6.45) is 5.08. The van der Waals surface area contributed by atoms with E-state index in [1.165, 1.54) is 0 Å². The number of anilines is 1. The topological polar surface area (TPSA) is 128 Å². The average Bonchev–Trinajstić information content (AvgIpc) is 2.95. The van der Waals surface area contributed by atoms with Gasteiger partial charge in [-0.25, -0.2) is 4.98 Å². The fourth-order valence-electron chi connectivity index (χ4n) is 4.20. The zero-order valence-corrected chi connectivity index (χ0v) is 21.3. The predicted molar refractivity (Wildman–Crippen MR) is 147 cm³/mol. The van der Waals surface area contributed by atoms with Crippen molar-refractivity contribution >= 4 is 27.5 Å². The van der Waals surface area contributed by atoms with Gasteiger partial charge in [0.05, 0.1) is 50.9 Å². The Morgan fingerprint density at radius 2 is 1.63 bits per heavy atom. The highest BCUT2D eigenvalue weighted by Gasteiger charge is 2.14. The van der Waals surface area contributed by atoms with Gasteiger partial charge in [0.25, 0.3) is 0 Å². The lowest BCUT2D eigenvalue weighted by atomic mass is 10.0. The summed E-state index contributed by atoms with van der Waals surface area (Å²) in [4.78, 5) is 13.5. The van der Waals surface area contributed by atoms with Crippen molar-refractivity contribution in [3.05, 3.63) is 78.8 Å². The quantitative estimate of drug-likeness (QED) is 0.263. The number of nitrogens with zero attached hydrogens (tertiary/aromatic N) is 3. The van der Waals surface area contributed by atoms with Crippen LogP contribution in [0.25, 0.3) is 32.9 Å². The zero-order valence-electron chi connectivity index (χ0n) is 21.3. The number of pyridine rings is 3. The van der Waals surface area contributed by atoms with Gasteiger partial charge in [-0.05, 0) is 29.1 Å². The van der Waals surface area contributed by atoms with Crippen LogP contribution in [0, 0.1) is 0 Å². The maximum atomic E-state index is 6.35. The second-order valence-corrected chi connectivity index (χ2v) is 8.82. The smallest absolute Gasteiger partial charge is 0.162 e. The predicted octanol–water partition coefficient (Wildman–Crippen LogP) is 4.37. The van der Waals surface area contributed by atoms with Gasteiger partial charge in [-0.3, -0.25) is 9.97 Å². The molecule has 9 heteroatoms. The zero-order chi connectivity index (χ0) is 26.5. The van der Waals surface area contributed by atoms with Crippen molar-refractivity contribution in [3.63, 3.8) is 0 Å². The molecule has 5 rings (SSSR count). The SMILES string of the molecule is COc1cc2ncc3c(N)nc(-c4cncc(OC[C@@H](N)COCc5ccccc5)c4)cc3c2cc1OC. The van der Waals surface area contributed by atoms with Crippen LogP contribution in [0.2, 0.25) is 0 Å². The van der Waals surface area contributed by atoms with Crippen molar-refractivity contribution < 1.29 is 18.9 Å². The third-order valence-corrected chi connectivity index (χ3v) is 6.13. The molecule has 0 fully saturated rings. The van der Waals surface area contributed by atoms with E-state index in [1.807, 2.05) is 54.6 Å². The summed E-state index contributed by atoms with van der Waals surface area (Å²) in [6, 6.07) is 17.2. The first-order valence-electron chi connectivity index (χ1n) is 12.1. The molecule has 0 radical (unpaired) electrons. The second-order valence-electron chi connectivity index (χ2n) is 8.82. The molecule has 0 unspecified atom stereocenters. The first-order valence-corrected chi connectivity index (χ1v) is 12.1. The Kier molecular flexibility index (Phi) is 7.48. The molecule has 3 aromatic heterocycles. The van der Waals surface area contributed by atoms with Crippen molar-refractivity contribution in [3.8, 4) is 28.5 Å². The van der Waals surface area contributed by atoms with Gasteiger partial charge >= 0.3 is 0 Å². The number of benzene rings is 2. The highest BCUT2D eigenvalue weighted by Crippen LogP contribution is 2.37. The third-order valence-electron chi connectivity index (χ3n) is 6.13. The molecule has 0 aliphatic heterocycles. The van der Waals surface area contributed by atoms with E-state index >= 15 is 0 Å². The van der Waals surface area contributed by atoms with Crippen LogP contribution in [0.5, 0.6) is 17.2 Å². The third kappa shape index (κ3) is 5.44. The molecule has 0 saturated heterocycles. The lowest BCUT2D eigenvalue weighted by Crippen LogP contribution is -2.32. The molecule has 0 aliphatic rings. The number of aromatic nitrogens is 3. The van der Waals surface area contributed by atoms with Gasteiger partial charge in [0.1, 0.15) is 18.2 Å². The fraction of sp³-hybridized carbons (Fsp3) is 0.207. The van der Waals surface area contributed by atoms with Crippen molar-refractivity contribution in [1.29, 1.82) is 0 Å². The minimum absolute atomic E-state index is 0.283. The van der Waals surface area contributed by atoms with Gasteiger partial charge in [0, 0.05) is 34.8 Å². The van der Waals surface area contributed by atoms with Crippen LogP contribution in [0.15, 0.2) is 73.2 Å². The van der Waals surface area contributed by atoms with Crippen molar-refractivity contribution in [2.24, 2.45) is 5.73 Å². The molecule has 0 aliphatic carbocycles. The van der Waals surface area contributed by atoms with Crippen LogP contribution in [0.4, 0.5) is 5.82 Å². The van der Waals surface area contributed by atoms with E-state index in [9.17, 15) is 0 Å². The van der Waals surface area contributed by atoms with Crippen LogP contribution in [-0.2, 0) is 11.3 Å². The Labute approximate surface area is 220 Å². The van der Waals surface area contributed by atoms with Crippen LogP contribution >= 0.6 is 0 Å². The monoisotopic (exact) mass is 511 g/mol. The Balaban J connectivity index is 1.35. The normalized spacial score (nSPS) is 12.0. The van der Waals surface area contributed by atoms with Crippen LogP contribution in [-0.4, -0.2) is 48.4 Å². The molecule has 0 bridgehead atoms. The van der Waals surface area contributed by atoms with Crippen molar-refractivity contribution in [1.82, 2.24) is 15.0 Å². The Bertz CT molecular complexity index is 1560. The number of fused-ring (bicyclic) bond motifs is 3. The molecule has 0 amide bonds. The number of hydrogen-bond acceptors (Lipinski definition) is 9. The number of methoxy groups -OCH3 is 2. The van der Waals surface area contributed by atoms with E-state index in [1.54, 1.807) is 32.8 Å². The van der Waals surface area contributed by atoms with E-state index < -0.39 is 0 Å². The molecule has 38 heavy (non-hydrogen) atoms. The summed E-state index contributed by atoms with van der Waals surface area (Å²) in [6.45, 7) is 1.16. The van der Waals surface area contributed by atoms with Crippen molar-refractivity contribution in [2.45, 2.75) is 12.6 Å². The lowest BCUT2D eigenvalue weighted by molar-refractivity contribution is 0.0935. The second kappa shape index (κ2) is 11.3. The highest BCUT2D eigenvalue weighted by atomic mass is 16.5. The Morgan fingerprint density at radius 3 is 2.42 bits per heavy atom. The number of nitrogen functional groups attached to an aromatic ring is 1. The highest BCUT2D eigenvalue weighted by molar-refractivity contribution is 6.10. The van der Waals surface area contributed by atoms with Gasteiger partial charge in [-0.2, -0.15) is 0 Å². The molecule has 3 heterocycles. The average molecular weight is 512 g/mol. The van der Waals surface area contributed by atoms with Gasteiger partial charge in [-0.15, -0.1) is 0 Å². The summed E-state index contributed by atoms with van der Waals surface area (Å²) in [5, 5.41) is 2.51. The van der Waals surface area contributed by atoms with Gasteiger partial charge in [0.2, 0.25) is 0 Å². The minimum Gasteiger partial charge on any atom is -0.493 e. The number of rotatable bonds is 10. The molecule has 194 valence electrons. The maximum absolute atomic E-state index is 6.35. The van der Waals surface area contributed by atoms with E-state index in [-0.39, 0.29) is 12.6 Å². The lowest BCUT2D eigenvalue weighted by Gasteiger charge is -2.14. The fourth-order valence-corrected chi connectivity index (χ4v) is 4.20. The summed E-state index contributed by atoms with van der Waals surface area (Å²) in [5.74, 6) is 2.15. The van der Waals surface area contributed by atoms with Crippen LogP contribution in [0.1, 0.15) is 5.56 Å². The van der Waals surface area contributed by atoms with E-state index in [0.717, 1.165) is 32.8 Å². The minimum atomic E-state index is -0.289. The summed E-state index contributed by atoms with van der Waals surface area (Å²) in [5.41, 5.74) is 15.8. The van der Waals surface area contributed by atoms with Crippen LogP contribution < -0.4 is 25.7 Å². The summed E-state index contributed by atoms with van der Waals surface area (Å²) < 4.78 is 22.6. The van der Waals surface area contributed by atoms with Crippen LogP contribution in [0.3, 0.4) is 0 Å². The Hall–Kier alpha value is -4.47. The van der Waals surface area contributed by atoms with Gasteiger partial charge in [0.15, 0.2) is 11.5 Å². The van der Waals surface area contributed by atoms with E-state index in [4.69, 9.17) is 30.4 Å². The molecule has 0 spiro atoms. The standard InChI is InChI=1S/C29H29N5O4/c1-35-27-10-23-22-9-25(34-29(31)24(22)14-33-26(23)11-28(27)36-2)19-8-21(13-32-12-19)38-17-20(30)16-37-15-18-6-4-3-5-7-18/h3-14,20H,15-17,30H2,1-2H3,(H2,31,34)/t20-/m0/s1. The van der Waals surface area contributed by atoms with Gasteiger partial charge < -0.3 is 30.4 Å². The van der Waals surface area contributed by atoms with Gasteiger partial charge in [-0.1, -0.05) is 30.3 Å². The van der Waals surface area contributed by atoms with E-state index in [0.29, 0.717) is 42.0 Å². The maximum Gasteiger partial charge on any atom is 0.162 e. The van der Waals surface area contributed by atoms with E-state index in [2.05, 4.69) is 15.0 Å². The largest absolute Gasteiger partial charge is 0.493 e. The number of ether oxygens (including phenoxy) is 4. The summed E-state index contributed by atoms with van der Waals surface area (Å²) >= 11 is 0. The first kappa shape index (κ1) is 25.2.